The zero-order chi connectivity index (χ0) is 17.2. The maximum absolute atomic E-state index is 12.8. The Morgan fingerprint density at radius 2 is 1.75 bits per heavy atom. The molecule has 3 rings (SSSR count). The normalized spacial score (nSPS) is 21.6. The summed E-state index contributed by atoms with van der Waals surface area (Å²) >= 11 is 0. The van der Waals surface area contributed by atoms with Gasteiger partial charge in [0.15, 0.2) is 0 Å². The molecule has 1 aromatic rings. The van der Waals surface area contributed by atoms with Crippen molar-refractivity contribution in [3.63, 3.8) is 0 Å². The van der Waals surface area contributed by atoms with Crippen molar-refractivity contribution in [1.82, 2.24) is 13.6 Å². The molecule has 0 N–H and O–H groups in total. The van der Waals surface area contributed by atoms with Crippen LogP contribution in [0.3, 0.4) is 0 Å². The Bertz CT molecular complexity index is 714. The SMILES string of the molecule is CC1CCN(S(=O)(=O)N2CCN(c3ncccc3C#N)CC2)CC1. The third kappa shape index (κ3) is 3.38. The summed E-state index contributed by atoms with van der Waals surface area (Å²) in [6, 6.07) is 5.62. The van der Waals surface area contributed by atoms with E-state index in [2.05, 4.69) is 18.0 Å². The summed E-state index contributed by atoms with van der Waals surface area (Å²) in [6.07, 6.45) is 3.52. The monoisotopic (exact) mass is 349 g/mol. The minimum atomic E-state index is -3.38. The highest BCUT2D eigenvalue weighted by molar-refractivity contribution is 7.86. The third-order valence-electron chi connectivity index (χ3n) is 4.84. The van der Waals surface area contributed by atoms with Gasteiger partial charge < -0.3 is 4.90 Å². The Labute approximate surface area is 143 Å². The number of piperidine rings is 1. The van der Waals surface area contributed by atoms with Crippen LogP contribution in [0.2, 0.25) is 0 Å². The average molecular weight is 349 g/mol. The van der Waals surface area contributed by atoms with Gasteiger partial charge in [0.05, 0.1) is 5.56 Å². The first-order valence-electron chi connectivity index (χ1n) is 8.37. The topological polar surface area (TPSA) is 80.5 Å². The minimum Gasteiger partial charge on any atom is -0.353 e. The van der Waals surface area contributed by atoms with E-state index in [4.69, 9.17) is 0 Å². The summed E-state index contributed by atoms with van der Waals surface area (Å²) in [4.78, 5) is 6.27. The number of hydrogen-bond donors (Lipinski definition) is 0. The van der Waals surface area contributed by atoms with Gasteiger partial charge in [-0.25, -0.2) is 4.98 Å². The molecule has 24 heavy (non-hydrogen) atoms. The van der Waals surface area contributed by atoms with Gasteiger partial charge in [0.25, 0.3) is 10.2 Å². The highest BCUT2D eigenvalue weighted by atomic mass is 32.2. The Morgan fingerprint density at radius 1 is 1.12 bits per heavy atom. The van der Waals surface area contributed by atoms with Gasteiger partial charge in [0.2, 0.25) is 0 Å². The largest absolute Gasteiger partial charge is 0.353 e. The van der Waals surface area contributed by atoms with Gasteiger partial charge in [0, 0.05) is 45.5 Å². The van der Waals surface area contributed by atoms with Gasteiger partial charge in [-0.1, -0.05) is 6.92 Å². The first-order valence-corrected chi connectivity index (χ1v) is 9.77. The van der Waals surface area contributed by atoms with E-state index in [0.29, 0.717) is 56.6 Å². The molecule has 2 aliphatic heterocycles. The van der Waals surface area contributed by atoms with Crippen LogP contribution in [0.1, 0.15) is 25.3 Å². The lowest BCUT2D eigenvalue weighted by Gasteiger charge is -2.39. The predicted molar refractivity (Wildman–Crippen MR) is 91.6 cm³/mol. The standard InChI is InChI=1S/C16H23N5O2S/c1-14-4-7-20(8-5-14)24(22,23)21-11-9-19(10-12-21)16-15(13-17)3-2-6-18-16/h2-3,6,14H,4-5,7-12H2,1H3. The minimum absolute atomic E-state index is 0.426. The molecule has 7 nitrogen and oxygen atoms in total. The van der Waals surface area contributed by atoms with Crippen LogP contribution >= 0.6 is 0 Å². The number of piperazine rings is 1. The Kier molecular flexibility index (Phi) is 5.04. The molecular weight excluding hydrogens is 326 g/mol. The van der Waals surface area contributed by atoms with E-state index in [0.717, 1.165) is 12.8 Å². The van der Waals surface area contributed by atoms with Gasteiger partial charge in [-0.3, -0.25) is 0 Å². The second-order valence-corrected chi connectivity index (χ2v) is 8.39. The molecule has 0 bridgehead atoms. The molecule has 0 saturated carbocycles. The van der Waals surface area contributed by atoms with E-state index in [1.54, 1.807) is 26.9 Å². The van der Waals surface area contributed by atoms with Gasteiger partial charge >= 0.3 is 0 Å². The lowest BCUT2D eigenvalue weighted by atomic mass is 10.0. The van der Waals surface area contributed by atoms with Gasteiger partial charge in [-0.15, -0.1) is 0 Å². The van der Waals surface area contributed by atoms with Crippen LogP contribution < -0.4 is 4.90 Å². The molecule has 8 heteroatoms. The van der Waals surface area contributed by atoms with Crippen molar-refractivity contribution >= 4 is 16.0 Å². The van der Waals surface area contributed by atoms with Crippen LogP contribution in [0.15, 0.2) is 18.3 Å². The van der Waals surface area contributed by atoms with E-state index in [1.165, 1.54) is 0 Å². The van der Waals surface area contributed by atoms with Crippen LogP contribution in [0, 0.1) is 17.2 Å². The van der Waals surface area contributed by atoms with Gasteiger partial charge in [0.1, 0.15) is 11.9 Å². The highest BCUT2D eigenvalue weighted by Gasteiger charge is 2.34. The van der Waals surface area contributed by atoms with Crippen LogP contribution in [0.4, 0.5) is 5.82 Å². The highest BCUT2D eigenvalue weighted by Crippen LogP contribution is 2.23. The smallest absolute Gasteiger partial charge is 0.282 e. The molecule has 0 spiro atoms. The van der Waals surface area contributed by atoms with Crippen molar-refractivity contribution in [1.29, 1.82) is 5.26 Å². The molecule has 0 unspecified atom stereocenters. The summed E-state index contributed by atoms with van der Waals surface area (Å²) < 4.78 is 28.7. The molecule has 2 saturated heterocycles. The fourth-order valence-corrected chi connectivity index (χ4v) is 4.87. The quantitative estimate of drug-likeness (QED) is 0.815. The third-order valence-corrected chi connectivity index (χ3v) is 6.88. The molecule has 3 heterocycles. The zero-order valence-corrected chi connectivity index (χ0v) is 14.7. The first-order chi connectivity index (χ1) is 11.5. The number of pyridine rings is 1. The van der Waals surface area contributed by atoms with Crippen LogP contribution in [0.25, 0.3) is 0 Å². The van der Waals surface area contributed by atoms with Crippen molar-refractivity contribution in [2.45, 2.75) is 19.8 Å². The lowest BCUT2D eigenvalue weighted by molar-refractivity contribution is 0.260. The van der Waals surface area contributed by atoms with Crippen LogP contribution in [0.5, 0.6) is 0 Å². The second-order valence-electron chi connectivity index (χ2n) is 6.46. The molecule has 2 fully saturated rings. The van der Waals surface area contributed by atoms with Crippen molar-refractivity contribution in [3.8, 4) is 6.07 Å². The molecule has 1 aromatic heterocycles. The van der Waals surface area contributed by atoms with Crippen molar-refractivity contribution in [2.75, 3.05) is 44.2 Å². The summed E-state index contributed by atoms with van der Waals surface area (Å²) in [5.41, 5.74) is 0.527. The second kappa shape index (κ2) is 7.05. The van der Waals surface area contributed by atoms with Gasteiger partial charge in [-0.2, -0.15) is 22.3 Å². The van der Waals surface area contributed by atoms with E-state index >= 15 is 0 Å². The molecular formula is C16H23N5O2S. The Hall–Kier alpha value is -1.69. The van der Waals surface area contributed by atoms with E-state index in [-0.39, 0.29) is 0 Å². The average Bonchev–Trinajstić information content (AvgIpc) is 2.62. The van der Waals surface area contributed by atoms with E-state index in [9.17, 15) is 13.7 Å². The summed E-state index contributed by atoms with van der Waals surface area (Å²) in [5, 5.41) is 9.19. The maximum atomic E-state index is 12.8. The number of anilines is 1. The van der Waals surface area contributed by atoms with E-state index < -0.39 is 10.2 Å². The van der Waals surface area contributed by atoms with Crippen molar-refractivity contribution in [2.24, 2.45) is 5.92 Å². The van der Waals surface area contributed by atoms with Crippen molar-refractivity contribution in [3.05, 3.63) is 23.9 Å². The summed E-state index contributed by atoms with van der Waals surface area (Å²) in [5.74, 6) is 1.24. The van der Waals surface area contributed by atoms with E-state index in [1.807, 2.05) is 4.90 Å². The lowest BCUT2D eigenvalue weighted by Crippen LogP contribution is -2.54. The number of rotatable bonds is 3. The molecule has 0 aromatic carbocycles. The Balaban J connectivity index is 1.65. The fourth-order valence-electron chi connectivity index (χ4n) is 3.25. The fraction of sp³-hybridized carbons (Fsp3) is 0.625. The Morgan fingerprint density at radius 3 is 2.38 bits per heavy atom. The van der Waals surface area contributed by atoms with Crippen molar-refractivity contribution < 1.29 is 8.42 Å². The number of nitrogens with zero attached hydrogens (tertiary/aromatic N) is 5. The molecule has 0 amide bonds. The van der Waals surface area contributed by atoms with Crippen LogP contribution in [-0.4, -0.2) is 61.3 Å². The number of hydrogen-bond acceptors (Lipinski definition) is 5. The summed E-state index contributed by atoms with van der Waals surface area (Å²) in [6.45, 7) is 5.35. The molecule has 0 radical (unpaired) electrons. The number of aromatic nitrogens is 1. The van der Waals surface area contributed by atoms with Gasteiger partial charge in [-0.05, 0) is 30.9 Å². The zero-order valence-electron chi connectivity index (χ0n) is 13.9. The summed E-state index contributed by atoms with van der Waals surface area (Å²) in [7, 11) is -3.38. The first kappa shape index (κ1) is 17.1. The maximum Gasteiger partial charge on any atom is 0.282 e. The molecule has 2 aliphatic rings. The molecule has 130 valence electrons. The predicted octanol–water partition coefficient (Wildman–Crippen LogP) is 1.05. The molecule has 0 aliphatic carbocycles. The van der Waals surface area contributed by atoms with Crippen LogP contribution in [-0.2, 0) is 10.2 Å². The molecule has 0 atom stereocenters. The number of nitriles is 1.